The molecule has 0 radical (unpaired) electrons. The maximum Gasteiger partial charge on any atom is 0.226 e. The first-order valence-electron chi connectivity index (χ1n) is 13.7. The summed E-state index contributed by atoms with van der Waals surface area (Å²) in [6, 6.07) is 9.85. The van der Waals surface area contributed by atoms with Crippen LogP contribution in [0.1, 0.15) is 44.7 Å². The summed E-state index contributed by atoms with van der Waals surface area (Å²) in [6.07, 6.45) is 0.654. The van der Waals surface area contributed by atoms with Crippen LogP contribution in [0.15, 0.2) is 42.5 Å². The highest BCUT2D eigenvalue weighted by atomic mass is 19.1. The van der Waals surface area contributed by atoms with E-state index in [4.69, 9.17) is 4.74 Å². The van der Waals surface area contributed by atoms with E-state index in [0.29, 0.717) is 30.9 Å². The standard InChI is InChI=1S/C30H41F2N3O4/c1-5-10-35(11-6-2)30(38)28-19(3)27(28)29(37)34-25(15-21-12-22(31)16-23(32)13-21)26(36)18-33-17-20-8-7-9-24(14-20)39-4/h7-9,12-14,16,19,25-28,33,36H,5-6,10-11,15,17-18H2,1-4H3,(H,34,37)/t19-,25-,26+,27+,28+/m0/s1. The fourth-order valence-electron chi connectivity index (χ4n) is 5.16. The molecule has 1 fully saturated rings. The van der Waals surface area contributed by atoms with Gasteiger partial charge in [-0.1, -0.05) is 32.9 Å². The van der Waals surface area contributed by atoms with Crippen LogP contribution in [0.25, 0.3) is 0 Å². The Morgan fingerprint density at radius 3 is 2.31 bits per heavy atom. The molecule has 1 aliphatic rings. The number of rotatable bonds is 15. The van der Waals surface area contributed by atoms with Gasteiger partial charge in [-0.2, -0.15) is 0 Å². The van der Waals surface area contributed by atoms with Crippen molar-refractivity contribution < 1.29 is 28.2 Å². The molecule has 214 valence electrons. The van der Waals surface area contributed by atoms with Crippen molar-refractivity contribution in [1.82, 2.24) is 15.5 Å². The zero-order valence-corrected chi connectivity index (χ0v) is 23.3. The number of nitrogens with one attached hydrogen (secondary N) is 2. The van der Waals surface area contributed by atoms with Gasteiger partial charge in [0, 0.05) is 32.2 Å². The van der Waals surface area contributed by atoms with Crippen molar-refractivity contribution in [3.8, 4) is 5.75 Å². The molecule has 2 aromatic carbocycles. The Hall–Kier alpha value is -3.04. The highest BCUT2D eigenvalue weighted by molar-refractivity contribution is 5.93. The van der Waals surface area contributed by atoms with Crippen LogP contribution in [0.5, 0.6) is 5.75 Å². The molecule has 0 heterocycles. The van der Waals surface area contributed by atoms with Crippen molar-refractivity contribution in [1.29, 1.82) is 0 Å². The van der Waals surface area contributed by atoms with Crippen LogP contribution in [-0.4, -0.2) is 60.7 Å². The first-order valence-corrected chi connectivity index (χ1v) is 13.7. The van der Waals surface area contributed by atoms with Crippen molar-refractivity contribution in [2.75, 3.05) is 26.7 Å². The predicted molar refractivity (Wildman–Crippen MR) is 146 cm³/mol. The van der Waals surface area contributed by atoms with Crippen LogP contribution in [-0.2, 0) is 22.6 Å². The van der Waals surface area contributed by atoms with Gasteiger partial charge in [0.1, 0.15) is 17.4 Å². The number of halogens is 2. The van der Waals surface area contributed by atoms with Gasteiger partial charge in [-0.25, -0.2) is 8.78 Å². The fourth-order valence-corrected chi connectivity index (χ4v) is 5.16. The molecule has 0 spiro atoms. The molecule has 39 heavy (non-hydrogen) atoms. The zero-order valence-electron chi connectivity index (χ0n) is 23.3. The number of aliphatic hydroxyl groups excluding tert-OH is 1. The molecule has 1 aliphatic carbocycles. The number of methoxy groups -OCH3 is 1. The smallest absolute Gasteiger partial charge is 0.226 e. The van der Waals surface area contributed by atoms with Gasteiger partial charge < -0.3 is 25.4 Å². The second-order valence-electron chi connectivity index (χ2n) is 10.4. The van der Waals surface area contributed by atoms with Crippen LogP contribution in [0, 0.1) is 29.4 Å². The van der Waals surface area contributed by atoms with E-state index in [9.17, 15) is 23.5 Å². The van der Waals surface area contributed by atoms with Gasteiger partial charge in [0.15, 0.2) is 0 Å². The number of nitrogens with zero attached hydrogens (tertiary/aromatic N) is 1. The molecule has 0 aromatic heterocycles. The molecular formula is C30H41F2N3O4. The molecule has 2 aromatic rings. The SMILES string of the molecule is CCCN(CCC)C(=O)[C@@H]1[C@@H](C)[C@H]1C(=O)N[C@@H](Cc1cc(F)cc(F)c1)[C@H](O)CNCc1cccc(OC)c1. The summed E-state index contributed by atoms with van der Waals surface area (Å²) in [5.74, 6) is -2.12. The van der Waals surface area contributed by atoms with E-state index in [0.717, 1.165) is 24.5 Å². The van der Waals surface area contributed by atoms with E-state index in [1.165, 1.54) is 12.1 Å². The Morgan fingerprint density at radius 2 is 1.69 bits per heavy atom. The molecule has 0 bridgehead atoms. The number of ether oxygens (including phenoxy) is 1. The van der Waals surface area contributed by atoms with Gasteiger partial charge >= 0.3 is 0 Å². The van der Waals surface area contributed by atoms with Gasteiger partial charge in [-0.15, -0.1) is 0 Å². The Labute approximate surface area is 229 Å². The number of aliphatic hydroxyl groups is 1. The summed E-state index contributed by atoms with van der Waals surface area (Å²) in [4.78, 5) is 28.2. The maximum absolute atomic E-state index is 13.9. The number of hydrogen-bond acceptors (Lipinski definition) is 5. The van der Waals surface area contributed by atoms with E-state index in [1.807, 2.05) is 49.9 Å². The summed E-state index contributed by atoms with van der Waals surface area (Å²) < 4.78 is 33.0. The average Bonchev–Trinajstić information content (AvgIpc) is 3.58. The van der Waals surface area contributed by atoms with Crippen LogP contribution >= 0.6 is 0 Å². The molecule has 0 saturated heterocycles. The number of benzene rings is 2. The minimum absolute atomic E-state index is 0.0180. The third kappa shape index (κ3) is 8.47. The van der Waals surface area contributed by atoms with Gasteiger partial charge in [0.25, 0.3) is 0 Å². The second kappa shape index (κ2) is 14.4. The normalized spacial score (nSPS) is 19.7. The lowest BCUT2D eigenvalue weighted by Gasteiger charge is -2.25. The van der Waals surface area contributed by atoms with Crippen LogP contribution in [0.3, 0.4) is 0 Å². The zero-order chi connectivity index (χ0) is 28.5. The lowest BCUT2D eigenvalue weighted by molar-refractivity contribution is -0.135. The number of amides is 2. The monoisotopic (exact) mass is 545 g/mol. The highest BCUT2D eigenvalue weighted by Crippen LogP contribution is 2.47. The van der Waals surface area contributed by atoms with Crippen LogP contribution in [0.2, 0.25) is 0 Å². The van der Waals surface area contributed by atoms with Gasteiger partial charge in [0.05, 0.1) is 31.1 Å². The number of hydrogen-bond donors (Lipinski definition) is 3. The summed E-state index contributed by atoms with van der Waals surface area (Å²) in [7, 11) is 1.59. The largest absolute Gasteiger partial charge is 0.497 e. The molecule has 7 nitrogen and oxygen atoms in total. The first kappa shape index (κ1) is 30.5. The number of carbonyl (C=O) groups excluding carboxylic acids is 2. The van der Waals surface area contributed by atoms with Gasteiger partial charge in [-0.3, -0.25) is 9.59 Å². The van der Waals surface area contributed by atoms with Crippen LogP contribution in [0.4, 0.5) is 8.78 Å². The van der Waals surface area contributed by atoms with Gasteiger partial charge in [0.2, 0.25) is 11.8 Å². The van der Waals surface area contributed by atoms with Gasteiger partial charge in [-0.05, 0) is 60.6 Å². The molecule has 1 saturated carbocycles. The summed E-state index contributed by atoms with van der Waals surface area (Å²) in [5.41, 5.74) is 1.27. The minimum Gasteiger partial charge on any atom is -0.497 e. The lowest BCUT2D eigenvalue weighted by atomic mass is 10.00. The van der Waals surface area contributed by atoms with Crippen molar-refractivity contribution in [3.05, 3.63) is 65.2 Å². The quantitative estimate of drug-likeness (QED) is 0.318. The summed E-state index contributed by atoms with van der Waals surface area (Å²) in [6.45, 7) is 7.78. The maximum atomic E-state index is 13.9. The predicted octanol–water partition coefficient (Wildman–Crippen LogP) is 3.68. The summed E-state index contributed by atoms with van der Waals surface area (Å²) >= 11 is 0. The average molecular weight is 546 g/mol. The third-order valence-electron chi connectivity index (χ3n) is 7.25. The van der Waals surface area contributed by atoms with Crippen molar-refractivity contribution >= 4 is 11.8 Å². The van der Waals surface area contributed by atoms with Crippen LogP contribution < -0.4 is 15.4 Å². The first-order chi connectivity index (χ1) is 18.7. The Bertz CT molecular complexity index is 1090. The van der Waals surface area contributed by atoms with Crippen molar-refractivity contribution in [2.45, 2.75) is 58.7 Å². The molecule has 3 N–H and O–H groups in total. The Morgan fingerprint density at radius 1 is 1.03 bits per heavy atom. The van der Waals surface area contributed by atoms with E-state index in [2.05, 4.69) is 10.6 Å². The minimum atomic E-state index is -1.05. The fraction of sp³-hybridized carbons (Fsp3) is 0.533. The molecular weight excluding hydrogens is 504 g/mol. The Kier molecular flexibility index (Phi) is 11.2. The molecule has 0 aliphatic heterocycles. The topological polar surface area (TPSA) is 90.9 Å². The van der Waals surface area contributed by atoms with E-state index in [-0.39, 0.29) is 30.7 Å². The Balaban J connectivity index is 1.69. The third-order valence-corrected chi connectivity index (χ3v) is 7.25. The molecule has 9 heteroatoms. The number of carbonyl (C=O) groups is 2. The summed E-state index contributed by atoms with van der Waals surface area (Å²) in [5, 5.41) is 17.1. The molecule has 3 rings (SSSR count). The second-order valence-corrected chi connectivity index (χ2v) is 10.4. The van der Waals surface area contributed by atoms with E-state index >= 15 is 0 Å². The van der Waals surface area contributed by atoms with Crippen molar-refractivity contribution in [2.24, 2.45) is 17.8 Å². The van der Waals surface area contributed by atoms with Crippen molar-refractivity contribution in [3.63, 3.8) is 0 Å². The lowest BCUT2D eigenvalue weighted by Crippen LogP contribution is -2.49. The van der Waals surface area contributed by atoms with E-state index < -0.39 is 35.6 Å². The molecule has 2 amide bonds. The molecule has 0 unspecified atom stereocenters. The molecule has 5 atom stereocenters. The highest BCUT2D eigenvalue weighted by Gasteiger charge is 2.57. The van der Waals surface area contributed by atoms with E-state index in [1.54, 1.807) is 7.11 Å².